The molecule has 1 saturated carbocycles. The zero-order valence-electron chi connectivity index (χ0n) is 12.4. The van der Waals surface area contributed by atoms with E-state index in [1.54, 1.807) is 12.2 Å². The fraction of sp³-hybridized carbons (Fsp3) is 0.444. The third kappa shape index (κ3) is 3.28. The van der Waals surface area contributed by atoms with E-state index in [0.29, 0.717) is 25.7 Å². The van der Waals surface area contributed by atoms with E-state index >= 15 is 0 Å². The lowest BCUT2D eigenvalue weighted by Crippen LogP contribution is -2.18. The number of carbonyl (C=O) groups is 2. The van der Waals surface area contributed by atoms with E-state index in [4.69, 9.17) is 4.74 Å². The second-order valence-electron chi connectivity index (χ2n) is 6.09. The van der Waals surface area contributed by atoms with Crippen molar-refractivity contribution in [2.45, 2.75) is 37.9 Å². The molecule has 0 bridgehead atoms. The number of aliphatic hydroxyl groups excluding tert-OH is 1. The number of hydrogen-bond donors (Lipinski definition) is 1. The minimum absolute atomic E-state index is 0.0145. The number of ether oxygens (including phenoxy) is 1. The lowest BCUT2D eigenvalue weighted by molar-refractivity contribution is -0.141. The molecule has 116 valence electrons. The van der Waals surface area contributed by atoms with Crippen LogP contribution < -0.4 is 0 Å². The van der Waals surface area contributed by atoms with E-state index in [2.05, 4.69) is 0 Å². The van der Waals surface area contributed by atoms with Crippen LogP contribution >= 0.6 is 0 Å². The van der Waals surface area contributed by atoms with Gasteiger partial charge in [-0.05, 0) is 18.1 Å². The maximum Gasteiger partial charge on any atom is 0.306 e. The number of carbonyl (C=O) groups excluding carboxylic acids is 2. The van der Waals surface area contributed by atoms with Crippen molar-refractivity contribution in [2.24, 2.45) is 11.8 Å². The molecule has 4 heteroatoms. The molecule has 2 fully saturated rings. The fourth-order valence-corrected chi connectivity index (χ4v) is 3.40. The van der Waals surface area contributed by atoms with Gasteiger partial charge in [0.15, 0.2) is 5.78 Å². The standard InChI is InChI=1S/C18H20O4/c19-13(7-6-12-4-2-1-3-5-12)8-9-14-15-10-18(21)22-17(15)11-16(14)20/h1-5,8-9,14-17,20H,6-7,10-11H2/b9-8+. The van der Waals surface area contributed by atoms with Gasteiger partial charge < -0.3 is 9.84 Å². The van der Waals surface area contributed by atoms with Crippen LogP contribution in [0.15, 0.2) is 42.5 Å². The topological polar surface area (TPSA) is 63.6 Å². The van der Waals surface area contributed by atoms with Crippen LogP contribution in [0.3, 0.4) is 0 Å². The average Bonchev–Trinajstić information content (AvgIpc) is 2.99. The van der Waals surface area contributed by atoms with Crippen molar-refractivity contribution in [3.05, 3.63) is 48.0 Å². The molecule has 1 saturated heterocycles. The molecular weight excluding hydrogens is 280 g/mol. The first-order valence-electron chi connectivity index (χ1n) is 7.76. The van der Waals surface area contributed by atoms with Gasteiger partial charge >= 0.3 is 5.97 Å². The number of rotatable bonds is 5. The van der Waals surface area contributed by atoms with Gasteiger partial charge in [0.25, 0.3) is 0 Å². The second-order valence-corrected chi connectivity index (χ2v) is 6.09. The van der Waals surface area contributed by atoms with Crippen LogP contribution in [0.4, 0.5) is 0 Å². The van der Waals surface area contributed by atoms with Crippen LogP contribution in [0.5, 0.6) is 0 Å². The summed E-state index contributed by atoms with van der Waals surface area (Å²) >= 11 is 0. The van der Waals surface area contributed by atoms with Gasteiger partial charge in [-0.15, -0.1) is 0 Å². The Morgan fingerprint density at radius 1 is 1.32 bits per heavy atom. The normalized spacial score (nSPS) is 30.5. The summed E-state index contributed by atoms with van der Waals surface area (Å²) < 4.78 is 5.18. The van der Waals surface area contributed by atoms with Crippen molar-refractivity contribution in [2.75, 3.05) is 0 Å². The van der Waals surface area contributed by atoms with Crippen LogP contribution in [0, 0.1) is 11.8 Å². The molecule has 1 N–H and O–H groups in total. The summed E-state index contributed by atoms with van der Waals surface area (Å²) in [7, 11) is 0. The molecule has 3 rings (SSSR count). The summed E-state index contributed by atoms with van der Waals surface area (Å²) in [5.41, 5.74) is 1.14. The van der Waals surface area contributed by atoms with E-state index < -0.39 is 6.10 Å². The Morgan fingerprint density at radius 2 is 2.09 bits per heavy atom. The lowest BCUT2D eigenvalue weighted by Gasteiger charge is -2.14. The van der Waals surface area contributed by atoms with Crippen molar-refractivity contribution in [3.8, 4) is 0 Å². The lowest BCUT2D eigenvalue weighted by atomic mass is 9.91. The number of ketones is 1. The summed E-state index contributed by atoms with van der Waals surface area (Å²) in [4.78, 5) is 23.3. The van der Waals surface area contributed by atoms with Gasteiger partial charge in [0.1, 0.15) is 6.10 Å². The number of benzene rings is 1. The van der Waals surface area contributed by atoms with E-state index in [0.717, 1.165) is 5.56 Å². The molecule has 4 unspecified atom stereocenters. The van der Waals surface area contributed by atoms with Gasteiger partial charge in [-0.2, -0.15) is 0 Å². The average molecular weight is 300 g/mol. The van der Waals surface area contributed by atoms with Gasteiger partial charge in [0, 0.05) is 24.7 Å². The molecule has 0 spiro atoms. The Morgan fingerprint density at radius 3 is 2.86 bits per heavy atom. The third-order valence-corrected chi connectivity index (χ3v) is 4.58. The zero-order valence-corrected chi connectivity index (χ0v) is 12.4. The van der Waals surface area contributed by atoms with Crippen molar-refractivity contribution < 1.29 is 19.4 Å². The number of aliphatic hydroxyl groups is 1. The minimum atomic E-state index is -0.527. The first-order chi connectivity index (χ1) is 10.6. The molecule has 1 aromatic rings. The molecule has 1 aliphatic carbocycles. The molecule has 1 aromatic carbocycles. The Hall–Kier alpha value is -1.94. The minimum Gasteiger partial charge on any atom is -0.462 e. The molecule has 0 aromatic heterocycles. The van der Waals surface area contributed by atoms with Crippen LogP contribution in [-0.4, -0.2) is 29.1 Å². The summed E-state index contributed by atoms with van der Waals surface area (Å²) in [6.45, 7) is 0. The molecule has 4 atom stereocenters. The van der Waals surface area contributed by atoms with Gasteiger partial charge in [0.05, 0.1) is 12.5 Å². The Labute approximate surface area is 129 Å². The smallest absolute Gasteiger partial charge is 0.306 e. The number of hydrogen-bond acceptors (Lipinski definition) is 4. The molecule has 4 nitrogen and oxygen atoms in total. The fourth-order valence-electron chi connectivity index (χ4n) is 3.40. The summed E-state index contributed by atoms with van der Waals surface area (Å²) in [6, 6.07) is 9.88. The van der Waals surface area contributed by atoms with Crippen molar-refractivity contribution in [3.63, 3.8) is 0 Å². The van der Waals surface area contributed by atoms with Crippen molar-refractivity contribution in [1.29, 1.82) is 0 Å². The van der Waals surface area contributed by atoms with E-state index in [1.165, 1.54) is 0 Å². The quantitative estimate of drug-likeness (QED) is 0.668. The third-order valence-electron chi connectivity index (χ3n) is 4.58. The van der Waals surface area contributed by atoms with Crippen molar-refractivity contribution in [1.82, 2.24) is 0 Å². The maximum absolute atomic E-state index is 12.0. The molecular formula is C18H20O4. The number of allylic oxidation sites excluding steroid dienone is 1. The van der Waals surface area contributed by atoms with Crippen LogP contribution in [0.25, 0.3) is 0 Å². The van der Waals surface area contributed by atoms with E-state index in [-0.39, 0.29) is 29.7 Å². The van der Waals surface area contributed by atoms with Gasteiger partial charge in [-0.1, -0.05) is 36.4 Å². The number of fused-ring (bicyclic) bond motifs is 1. The van der Waals surface area contributed by atoms with Gasteiger partial charge in [-0.3, -0.25) is 9.59 Å². The molecule has 1 aliphatic heterocycles. The Kier molecular flexibility index (Phi) is 4.39. The monoisotopic (exact) mass is 300 g/mol. The molecule has 1 heterocycles. The molecule has 0 amide bonds. The van der Waals surface area contributed by atoms with E-state index in [1.807, 2.05) is 30.3 Å². The zero-order chi connectivity index (χ0) is 15.5. The predicted octanol–water partition coefficient (Wildman–Crippen LogP) is 2.06. The van der Waals surface area contributed by atoms with Crippen molar-refractivity contribution >= 4 is 11.8 Å². The SMILES string of the molecule is O=C(/C=C/C1C(O)CC2OC(=O)CC21)CCc1ccccc1. The van der Waals surface area contributed by atoms with Gasteiger partial charge in [0.2, 0.25) is 0 Å². The van der Waals surface area contributed by atoms with Crippen LogP contribution in [0.2, 0.25) is 0 Å². The molecule has 2 aliphatic rings. The number of esters is 1. The van der Waals surface area contributed by atoms with Crippen LogP contribution in [-0.2, 0) is 20.7 Å². The largest absolute Gasteiger partial charge is 0.462 e. The second kappa shape index (κ2) is 6.44. The highest BCUT2D eigenvalue weighted by atomic mass is 16.6. The predicted molar refractivity (Wildman–Crippen MR) is 81.0 cm³/mol. The summed E-state index contributed by atoms with van der Waals surface area (Å²) in [6.07, 6.45) is 4.60. The summed E-state index contributed by atoms with van der Waals surface area (Å²) in [5.74, 6) is -0.293. The molecule has 0 radical (unpaired) electrons. The highest BCUT2D eigenvalue weighted by Gasteiger charge is 2.48. The number of aryl methyl sites for hydroxylation is 1. The maximum atomic E-state index is 12.0. The van der Waals surface area contributed by atoms with Gasteiger partial charge in [-0.25, -0.2) is 0 Å². The highest BCUT2D eigenvalue weighted by molar-refractivity contribution is 5.89. The highest BCUT2D eigenvalue weighted by Crippen LogP contribution is 2.41. The first-order valence-corrected chi connectivity index (χ1v) is 7.76. The van der Waals surface area contributed by atoms with E-state index in [9.17, 15) is 14.7 Å². The van der Waals surface area contributed by atoms with Crippen LogP contribution in [0.1, 0.15) is 24.8 Å². The summed E-state index contributed by atoms with van der Waals surface area (Å²) in [5, 5.41) is 10.0. The Balaban J connectivity index is 1.54. The molecule has 22 heavy (non-hydrogen) atoms. The Bertz CT molecular complexity index is 578. The first kappa shape index (κ1) is 15.0.